The van der Waals surface area contributed by atoms with Crippen molar-refractivity contribution in [3.8, 4) is 11.1 Å². The molecule has 7 heteroatoms. The molecule has 170 valence electrons. The van der Waals surface area contributed by atoms with Crippen LogP contribution in [0.1, 0.15) is 37.3 Å². The molecule has 2 aromatic heterocycles. The van der Waals surface area contributed by atoms with Gasteiger partial charge in [-0.1, -0.05) is 43.7 Å². The summed E-state index contributed by atoms with van der Waals surface area (Å²) in [4.78, 5) is 36.1. The normalized spacial score (nSPS) is 12.2. The van der Waals surface area contributed by atoms with Gasteiger partial charge in [0, 0.05) is 34.4 Å². The van der Waals surface area contributed by atoms with Crippen LogP contribution in [-0.4, -0.2) is 17.9 Å². The molecule has 0 aliphatic heterocycles. The smallest absolute Gasteiger partial charge is 0.339 e. The zero-order valence-electron chi connectivity index (χ0n) is 18.5. The van der Waals surface area contributed by atoms with Crippen LogP contribution in [-0.2, 0) is 16.0 Å². The lowest BCUT2D eigenvalue weighted by Crippen LogP contribution is -2.47. The number of nitrogens with one attached hydrogen (secondary N) is 1. The largest absolute Gasteiger partial charge is 0.548 e. The van der Waals surface area contributed by atoms with Crippen LogP contribution in [0.2, 0.25) is 0 Å². The van der Waals surface area contributed by atoms with Gasteiger partial charge in [-0.3, -0.25) is 4.79 Å². The van der Waals surface area contributed by atoms with Gasteiger partial charge >= 0.3 is 5.63 Å². The van der Waals surface area contributed by atoms with Crippen molar-refractivity contribution in [1.29, 1.82) is 0 Å². The first-order valence-electron chi connectivity index (χ1n) is 10.9. The van der Waals surface area contributed by atoms with E-state index in [0.717, 1.165) is 27.5 Å². The number of benzene rings is 2. The third-order valence-electron chi connectivity index (χ3n) is 5.87. The fourth-order valence-corrected chi connectivity index (χ4v) is 4.08. The van der Waals surface area contributed by atoms with Crippen molar-refractivity contribution in [3.63, 3.8) is 0 Å². The Labute approximate surface area is 190 Å². The first-order valence-corrected chi connectivity index (χ1v) is 10.9. The fourth-order valence-electron chi connectivity index (χ4n) is 4.08. The lowest BCUT2D eigenvalue weighted by atomic mass is 9.99. The van der Waals surface area contributed by atoms with Gasteiger partial charge in [0.25, 0.3) is 0 Å². The van der Waals surface area contributed by atoms with Crippen molar-refractivity contribution in [1.82, 2.24) is 5.32 Å². The number of carboxylic acids is 1. The molecule has 0 saturated heterocycles. The number of furan rings is 1. The first-order chi connectivity index (χ1) is 15.9. The molecule has 4 rings (SSSR count). The summed E-state index contributed by atoms with van der Waals surface area (Å²) in [5.74, 6) is -1.77. The monoisotopic (exact) mass is 446 g/mol. The van der Waals surface area contributed by atoms with Gasteiger partial charge < -0.3 is 24.1 Å². The van der Waals surface area contributed by atoms with Crippen molar-refractivity contribution in [3.05, 3.63) is 70.3 Å². The van der Waals surface area contributed by atoms with Crippen molar-refractivity contribution in [2.45, 2.75) is 45.6 Å². The molecule has 0 radical (unpaired) electrons. The van der Waals surface area contributed by atoms with Crippen LogP contribution in [0.5, 0.6) is 0 Å². The quantitative estimate of drug-likeness (QED) is 0.415. The van der Waals surface area contributed by atoms with E-state index in [1.807, 2.05) is 50.2 Å². The molecule has 0 unspecified atom stereocenters. The van der Waals surface area contributed by atoms with E-state index in [2.05, 4.69) is 5.32 Å². The second kappa shape index (κ2) is 9.32. The summed E-state index contributed by atoms with van der Waals surface area (Å²) >= 11 is 0. The molecule has 4 aromatic rings. The highest BCUT2D eigenvalue weighted by molar-refractivity contribution is 6.02. The Bertz CT molecular complexity index is 1380. The maximum absolute atomic E-state index is 12.6. The number of carboxylic acid groups (broad SMARTS) is 1. The molecular formula is C26H24NO6-. The van der Waals surface area contributed by atoms with E-state index < -0.39 is 23.5 Å². The second-order valence-electron chi connectivity index (χ2n) is 8.08. The molecular weight excluding hydrogens is 422 g/mol. The third kappa shape index (κ3) is 4.53. The van der Waals surface area contributed by atoms with Gasteiger partial charge in [0.15, 0.2) is 0 Å². The van der Waals surface area contributed by atoms with Crippen LogP contribution in [0.15, 0.2) is 62.4 Å². The summed E-state index contributed by atoms with van der Waals surface area (Å²) in [7, 11) is 0. The number of fused-ring (bicyclic) bond motifs is 2. The highest BCUT2D eigenvalue weighted by Crippen LogP contribution is 2.34. The molecule has 1 amide bonds. The molecule has 7 nitrogen and oxygen atoms in total. The number of amides is 1. The predicted molar refractivity (Wildman–Crippen MR) is 123 cm³/mol. The Morgan fingerprint density at radius 3 is 2.55 bits per heavy atom. The van der Waals surface area contributed by atoms with Crippen LogP contribution in [0.25, 0.3) is 33.1 Å². The Morgan fingerprint density at radius 1 is 1.09 bits per heavy atom. The molecule has 0 aliphatic rings. The summed E-state index contributed by atoms with van der Waals surface area (Å²) in [6.45, 7) is 3.65. The highest BCUT2D eigenvalue weighted by atomic mass is 16.4. The lowest BCUT2D eigenvalue weighted by Gasteiger charge is -2.19. The maximum atomic E-state index is 12.6. The topological polar surface area (TPSA) is 113 Å². The minimum atomic E-state index is -1.31. The van der Waals surface area contributed by atoms with Crippen molar-refractivity contribution in [2.75, 3.05) is 0 Å². The van der Waals surface area contributed by atoms with E-state index >= 15 is 0 Å². The van der Waals surface area contributed by atoms with Crippen LogP contribution >= 0.6 is 0 Å². The molecule has 0 aliphatic carbocycles. The van der Waals surface area contributed by atoms with Gasteiger partial charge in [0.05, 0.1) is 18.3 Å². The SMILES string of the molecule is CCC[C@@H](NC(=O)CCc1c(C)c2cc3c(-c4ccccc4)coc3cc2oc1=O)C(=O)[O-]. The minimum Gasteiger partial charge on any atom is -0.548 e. The van der Waals surface area contributed by atoms with Gasteiger partial charge in [0.1, 0.15) is 11.2 Å². The molecule has 1 atom stereocenters. The van der Waals surface area contributed by atoms with Crippen LogP contribution in [0.3, 0.4) is 0 Å². The van der Waals surface area contributed by atoms with Crippen molar-refractivity contribution in [2.24, 2.45) is 0 Å². The maximum Gasteiger partial charge on any atom is 0.339 e. The number of hydrogen-bond donors (Lipinski definition) is 1. The van der Waals surface area contributed by atoms with Gasteiger partial charge in [-0.15, -0.1) is 0 Å². The Hall–Kier alpha value is -3.87. The van der Waals surface area contributed by atoms with Gasteiger partial charge in [-0.2, -0.15) is 0 Å². The number of aryl methyl sites for hydroxylation is 1. The fraction of sp³-hybridized carbons (Fsp3) is 0.269. The Morgan fingerprint density at radius 2 is 1.85 bits per heavy atom. The van der Waals surface area contributed by atoms with Gasteiger partial charge in [0.2, 0.25) is 5.91 Å². The molecule has 0 saturated carbocycles. The van der Waals surface area contributed by atoms with E-state index in [1.54, 1.807) is 12.3 Å². The first kappa shape index (κ1) is 22.3. The number of carbonyl (C=O) groups is 2. The summed E-state index contributed by atoms with van der Waals surface area (Å²) in [6.07, 6.45) is 2.67. The molecule has 0 bridgehead atoms. The van der Waals surface area contributed by atoms with Crippen molar-refractivity contribution < 1.29 is 23.5 Å². The van der Waals surface area contributed by atoms with E-state index in [-0.39, 0.29) is 19.3 Å². The summed E-state index contributed by atoms with van der Waals surface area (Å²) in [5.41, 5.74) is 3.56. The molecule has 2 heterocycles. The van der Waals surface area contributed by atoms with Crippen LogP contribution in [0.4, 0.5) is 0 Å². The van der Waals surface area contributed by atoms with Gasteiger partial charge in [-0.25, -0.2) is 4.79 Å². The molecule has 33 heavy (non-hydrogen) atoms. The standard InChI is InChI=1S/C26H25NO6/c1-3-7-21(25(29)30)27-24(28)11-10-17-15(2)18-12-19-20(16-8-5-4-6-9-16)14-32-22(19)13-23(18)33-26(17)31/h4-6,8-9,12-14,21H,3,7,10-11H2,1-2H3,(H,27,28)(H,29,30)/p-1/t21-/m1/s1. The second-order valence-corrected chi connectivity index (χ2v) is 8.08. The van der Waals surface area contributed by atoms with Crippen LogP contribution < -0.4 is 16.0 Å². The molecule has 0 spiro atoms. The summed E-state index contributed by atoms with van der Waals surface area (Å²) in [5, 5.41) is 15.3. The number of hydrogen-bond acceptors (Lipinski definition) is 6. The Kier molecular flexibility index (Phi) is 6.31. The van der Waals surface area contributed by atoms with E-state index in [9.17, 15) is 19.5 Å². The number of carbonyl (C=O) groups excluding carboxylic acids is 2. The molecule has 2 aromatic carbocycles. The van der Waals surface area contributed by atoms with Crippen molar-refractivity contribution >= 4 is 33.8 Å². The minimum absolute atomic E-state index is 0.0339. The van der Waals surface area contributed by atoms with Crippen LogP contribution in [0, 0.1) is 6.92 Å². The van der Waals surface area contributed by atoms with Gasteiger partial charge in [-0.05, 0) is 37.0 Å². The third-order valence-corrected chi connectivity index (χ3v) is 5.87. The average Bonchev–Trinajstić information content (AvgIpc) is 3.21. The number of rotatable bonds is 8. The zero-order chi connectivity index (χ0) is 23.5. The summed E-state index contributed by atoms with van der Waals surface area (Å²) < 4.78 is 11.2. The molecule has 0 fully saturated rings. The average molecular weight is 446 g/mol. The predicted octanol–water partition coefficient (Wildman–Crippen LogP) is 3.48. The highest BCUT2D eigenvalue weighted by Gasteiger charge is 2.18. The number of aliphatic carboxylic acids is 1. The lowest BCUT2D eigenvalue weighted by molar-refractivity contribution is -0.308. The summed E-state index contributed by atoms with van der Waals surface area (Å²) in [6, 6.07) is 12.4. The Balaban J connectivity index is 1.65. The molecule has 1 N–H and O–H groups in total. The van der Waals surface area contributed by atoms with E-state index in [4.69, 9.17) is 8.83 Å². The van der Waals surface area contributed by atoms with E-state index in [0.29, 0.717) is 23.2 Å². The van der Waals surface area contributed by atoms with E-state index in [1.165, 1.54) is 0 Å². The zero-order valence-corrected chi connectivity index (χ0v) is 18.5.